The number of rotatable bonds is 2. The molecule has 2 saturated heterocycles. The van der Waals surface area contributed by atoms with Crippen molar-refractivity contribution in [1.29, 1.82) is 0 Å². The number of anilines is 1. The Morgan fingerprint density at radius 3 is 2.47 bits per heavy atom. The molecule has 2 aliphatic rings. The zero-order valence-corrected chi connectivity index (χ0v) is 10.1. The first kappa shape index (κ1) is 11.1. The van der Waals surface area contributed by atoms with Crippen molar-refractivity contribution in [3.8, 4) is 0 Å². The second-order valence-corrected chi connectivity index (χ2v) is 5.13. The second kappa shape index (κ2) is 4.67. The normalized spacial score (nSPS) is 22.5. The third kappa shape index (κ3) is 2.17. The van der Waals surface area contributed by atoms with E-state index in [1.165, 1.54) is 11.3 Å². The lowest BCUT2D eigenvalue weighted by Crippen LogP contribution is -2.42. The van der Waals surface area contributed by atoms with Gasteiger partial charge in [0.15, 0.2) is 0 Å². The van der Waals surface area contributed by atoms with Gasteiger partial charge < -0.3 is 15.3 Å². The van der Waals surface area contributed by atoms with Gasteiger partial charge in [0.05, 0.1) is 6.10 Å². The number of hydrogen-bond donors (Lipinski definition) is 2. The lowest BCUT2D eigenvalue weighted by atomic mass is 9.91. The van der Waals surface area contributed by atoms with Gasteiger partial charge in [-0.05, 0) is 24.5 Å². The minimum Gasteiger partial charge on any atom is -0.393 e. The van der Waals surface area contributed by atoms with Crippen molar-refractivity contribution in [1.82, 2.24) is 5.32 Å². The van der Waals surface area contributed by atoms with Gasteiger partial charge in [-0.2, -0.15) is 0 Å². The Labute approximate surface area is 102 Å². The highest BCUT2D eigenvalue weighted by Gasteiger charge is 2.25. The zero-order valence-electron chi connectivity index (χ0n) is 10.1. The molecule has 3 heteroatoms. The largest absolute Gasteiger partial charge is 0.393 e. The van der Waals surface area contributed by atoms with E-state index in [1.54, 1.807) is 0 Å². The first-order valence-corrected chi connectivity index (χ1v) is 6.57. The molecule has 92 valence electrons. The predicted molar refractivity (Wildman–Crippen MR) is 69.5 cm³/mol. The lowest BCUT2D eigenvalue weighted by Gasteiger charge is -2.36. The summed E-state index contributed by atoms with van der Waals surface area (Å²) in [6, 6.07) is 8.74. The molecule has 0 aromatic heterocycles. The summed E-state index contributed by atoms with van der Waals surface area (Å²) >= 11 is 0. The summed E-state index contributed by atoms with van der Waals surface area (Å²) in [5.74, 6) is 0.679. The maximum absolute atomic E-state index is 9.57. The quantitative estimate of drug-likeness (QED) is 0.807. The third-order valence-electron chi connectivity index (χ3n) is 3.96. The summed E-state index contributed by atoms with van der Waals surface area (Å²) < 4.78 is 0. The van der Waals surface area contributed by atoms with Crippen LogP contribution in [-0.4, -0.2) is 37.4 Å². The van der Waals surface area contributed by atoms with Crippen molar-refractivity contribution in [2.24, 2.45) is 0 Å². The van der Waals surface area contributed by atoms with Crippen LogP contribution in [0.4, 0.5) is 5.69 Å². The van der Waals surface area contributed by atoms with Crippen molar-refractivity contribution in [3.05, 3.63) is 29.8 Å². The number of benzene rings is 1. The Bertz CT molecular complexity index is 382. The van der Waals surface area contributed by atoms with E-state index in [1.807, 2.05) is 0 Å². The summed E-state index contributed by atoms with van der Waals surface area (Å²) in [6.07, 6.45) is 1.71. The van der Waals surface area contributed by atoms with Crippen LogP contribution in [0.3, 0.4) is 0 Å². The first-order valence-electron chi connectivity index (χ1n) is 6.57. The summed E-state index contributed by atoms with van der Waals surface area (Å²) in [4.78, 5) is 2.43. The van der Waals surface area contributed by atoms with Crippen LogP contribution in [0.1, 0.15) is 24.3 Å². The summed E-state index contributed by atoms with van der Waals surface area (Å²) in [6.45, 7) is 4.18. The molecule has 0 aliphatic carbocycles. The van der Waals surface area contributed by atoms with Crippen LogP contribution < -0.4 is 10.2 Å². The minimum absolute atomic E-state index is 0.0937. The van der Waals surface area contributed by atoms with Crippen molar-refractivity contribution in [3.63, 3.8) is 0 Å². The molecule has 2 N–H and O–H groups in total. The van der Waals surface area contributed by atoms with E-state index in [-0.39, 0.29) is 6.10 Å². The van der Waals surface area contributed by atoms with Crippen molar-refractivity contribution < 1.29 is 5.11 Å². The van der Waals surface area contributed by atoms with E-state index in [0.29, 0.717) is 5.92 Å². The second-order valence-electron chi connectivity index (χ2n) is 5.13. The molecule has 1 aromatic carbocycles. The Morgan fingerprint density at radius 1 is 1.12 bits per heavy atom. The van der Waals surface area contributed by atoms with Gasteiger partial charge in [-0.1, -0.05) is 18.2 Å². The maximum Gasteiger partial charge on any atom is 0.0574 e. The monoisotopic (exact) mass is 232 g/mol. The van der Waals surface area contributed by atoms with Crippen LogP contribution in [0.15, 0.2) is 24.3 Å². The van der Waals surface area contributed by atoms with Gasteiger partial charge in [0, 0.05) is 37.8 Å². The molecule has 2 heterocycles. The fourth-order valence-corrected chi connectivity index (χ4v) is 2.74. The lowest BCUT2D eigenvalue weighted by molar-refractivity contribution is 0.145. The molecular weight excluding hydrogens is 212 g/mol. The standard InChI is InChI=1S/C14H20N2O/c17-12-5-7-16(8-6-12)14-4-2-1-3-13(14)11-9-15-10-11/h1-4,11-12,15,17H,5-10H2. The van der Waals surface area contributed by atoms with Crippen molar-refractivity contribution in [2.75, 3.05) is 31.1 Å². The van der Waals surface area contributed by atoms with E-state index in [9.17, 15) is 5.11 Å². The predicted octanol–water partition coefficient (Wildman–Crippen LogP) is 1.33. The number of nitrogens with zero attached hydrogens (tertiary/aromatic N) is 1. The molecule has 3 nitrogen and oxygen atoms in total. The highest BCUT2D eigenvalue weighted by molar-refractivity contribution is 5.56. The van der Waals surface area contributed by atoms with Gasteiger partial charge in [-0.3, -0.25) is 0 Å². The van der Waals surface area contributed by atoms with Crippen LogP contribution in [-0.2, 0) is 0 Å². The van der Waals surface area contributed by atoms with Gasteiger partial charge in [-0.25, -0.2) is 0 Å². The molecule has 0 saturated carbocycles. The Morgan fingerprint density at radius 2 is 1.82 bits per heavy atom. The molecule has 1 aromatic rings. The van der Waals surface area contributed by atoms with E-state index < -0.39 is 0 Å². The molecule has 2 aliphatic heterocycles. The molecule has 0 unspecified atom stereocenters. The van der Waals surface area contributed by atoms with Crippen molar-refractivity contribution >= 4 is 5.69 Å². The molecule has 0 radical (unpaired) electrons. The van der Waals surface area contributed by atoms with E-state index in [0.717, 1.165) is 39.0 Å². The average Bonchev–Trinajstić information content (AvgIpc) is 2.29. The molecule has 2 fully saturated rings. The number of hydrogen-bond acceptors (Lipinski definition) is 3. The topological polar surface area (TPSA) is 35.5 Å². The van der Waals surface area contributed by atoms with E-state index in [2.05, 4.69) is 34.5 Å². The Kier molecular flexibility index (Phi) is 3.04. The Hall–Kier alpha value is -1.06. The molecule has 0 spiro atoms. The average molecular weight is 232 g/mol. The highest BCUT2D eigenvalue weighted by atomic mass is 16.3. The SMILES string of the molecule is OC1CCN(c2ccccc2C2CNC2)CC1. The number of aliphatic hydroxyl groups is 1. The smallest absolute Gasteiger partial charge is 0.0574 e. The van der Waals surface area contributed by atoms with Gasteiger partial charge >= 0.3 is 0 Å². The van der Waals surface area contributed by atoms with Crippen molar-refractivity contribution in [2.45, 2.75) is 24.9 Å². The summed E-state index contributed by atoms with van der Waals surface area (Å²) in [5.41, 5.74) is 2.86. The van der Waals surface area contributed by atoms with Gasteiger partial charge in [0.2, 0.25) is 0 Å². The van der Waals surface area contributed by atoms with Crippen LogP contribution in [0.25, 0.3) is 0 Å². The van der Waals surface area contributed by atoms with Gasteiger partial charge in [0.25, 0.3) is 0 Å². The molecule has 17 heavy (non-hydrogen) atoms. The summed E-state index contributed by atoms with van der Waals surface area (Å²) in [7, 11) is 0. The van der Waals surface area contributed by atoms with E-state index in [4.69, 9.17) is 0 Å². The fraction of sp³-hybridized carbons (Fsp3) is 0.571. The molecule has 3 rings (SSSR count). The van der Waals surface area contributed by atoms with Crippen LogP contribution >= 0.6 is 0 Å². The third-order valence-corrected chi connectivity index (χ3v) is 3.96. The Balaban J connectivity index is 1.81. The highest BCUT2D eigenvalue weighted by Crippen LogP contribution is 2.31. The number of piperidine rings is 1. The summed E-state index contributed by atoms with van der Waals surface area (Å²) in [5, 5.41) is 12.9. The molecule has 0 bridgehead atoms. The number of para-hydroxylation sites is 1. The number of nitrogens with one attached hydrogen (secondary N) is 1. The van der Waals surface area contributed by atoms with Gasteiger partial charge in [-0.15, -0.1) is 0 Å². The minimum atomic E-state index is -0.0937. The van der Waals surface area contributed by atoms with Gasteiger partial charge in [0.1, 0.15) is 0 Å². The molecular formula is C14H20N2O. The fourth-order valence-electron chi connectivity index (χ4n) is 2.74. The molecule has 0 atom stereocenters. The number of aliphatic hydroxyl groups excluding tert-OH is 1. The van der Waals surface area contributed by atoms with Crippen LogP contribution in [0.5, 0.6) is 0 Å². The zero-order chi connectivity index (χ0) is 11.7. The first-order chi connectivity index (χ1) is 8.34. The van der Waals surface area contributed by atoms with Crippen LogP contribution in [0.2, 0.25) is 0 Å². The maximum atomic E-state index is 9.57. The molecule has 0 amide bonds. The van der Waals surface area contributed by atoms with E-state index >= 15 is 0 Å². The van der Waals surface area contributed by atoms with Crippen LogP contribution in [0, 0.1) is 0 Å².